The van der Waals surface area contributed by atoms with Crippen LogP contribution in [0.2, 0.25) is 0 Å². The molecule has 0 radical (unpaired) electrons. The molecule has 2 aliphatic rings. The number of anilines is 1. The summed E-state index contributed by atoms with van der Waals surface area (Å²) in [5.74, 6) is 2.38. The van der Waals surface area contributed by atoms with Crippen LogP contribution >= 0.6 is 0 Å². The second-order valence-corrected chi connectivity index (χ2v) is 5.21. The average molecular weight is 248 g/mol. The smallest absolute Gasteiger partial charge is 0.231 e. The molecule has 0 saturated carbocycles. The van der Waals surface area contributed by atoms with Crippen LogP contribution in [0.4, 0.5) is 5.69 Å². The molecular weight excluding hydrogens is 228 g/mol. The van der Waals surface area contributed by atoms with E-state index in [9.17, 15) is 0 Å². The highest BCUT2D eigenvalue weighted by molar-refractivity contribution is 5.57. The van der Waals surface area contributed by atoms with Gasteiger partial charge in [0.1, 0.15) is 0 Å². The molecule has 4 nitrogen and oxygen atoms in total. The first kappa shape index (κ1) is 11.7. The van der Waals surface area contributed by atoms with Crippen LogP contribution in [0.3, 0.4) is 0 Å². The summed E-state index contributed by atoms with van der Waals surface area (Å²) in [6.45, 7) is 4.58. The number of hydrogen-bond donors (Lipinski definition) is 1. The Morgan fingerprint density at radius 3 is 2.94 bits per heavy atom. The van der Waals surface area contributed by atoms with Crippen molar-refractivity contribution in [3.8, 4) is 11.5 Å². The molecule has 0 bridgehead atoms. The van der Waals surface area contributed by atoms with Gasteiger partial charge in [-0.05, 0) is 24.5 Å². The van der Waals surface area contributed by atoms with E-state index < -0.39 is 0 Å². The molecule has 0 aliphatic carbocycles. The standard InChI is InChI=1S/C14H20N2O2/c1-2-10-5-11(15)8-16(7-10)12-3-4-13-14(6-12)18-9-17-13/h3-4,6,10-11H,2,5,7-9,15H2,1H3. The fraction of sp³-hybridized carbons (Fsp3) is 0.571. The summed E-state index contributed by atoms with van der Waals surface area (Å²) >= 11 is 0. The Balaban J connectivity index is 1.81. The zero-order chi connectivity index (χ0) is 12.5. The Bertz CT molecular complexity index is 436. The normalized spacial score (nSPS) is 26.4. The minimum atomic E-state index is 0.272. The Morgan fingerprint density at radius 2 is 2.11 bits per heavy atom. The lowest BCUT2D eigenvalue weighted by Crippen LogP contribution is -2.47. The molecule has 3 rings (SSSR count). The summed E-state index contributed by atoms with van der Waals surface area (Å²) in [5, 5.41) is 0. The SMILES string of the molecule is CCC1CC(N)CN(c2ccc3c(c2)OCO3)C1. The third-order valence-electron chi connectivity index (χ3n) is 3.87. The van der Waals surface area contributed by atoms with E-state index in [0.717, 1.165) is 31.0 Å². The molecule has 1 saturated heterocycles. The van der Waals surface area contributed by atoms with Crippen LogP contribution in [0.5, 0.6) is 11.5 Å². The summed E-state index contributed by atoms with van der Waals surface area (Å²) in [5.41, 5.74) is 7.33. The molecule has 1 aromatic carbocycles. The van der Waals surface area contributed by atoms with Gasteiger partial charge < -0.3 is 20.1 Å². The lowest BCUT2D eigenvalue weighted by atomic mass is 9.92. The zero-order valence-electron chi connectivity index (χ0n) is 10.8. The molecular formula is C14H20N2O2. The summed E-state index contributed by atoms with van der Waals surface area (Å²) in [7, 11) is 0. The number of hydrogen-bond acceptors (Lipinski definition) is 4. The van der Waals surface area contributed by atoms with E-state index >= 15 is 0 Å². The molecule has 4 heteroatoms. The first-order valence-corrected chi connectivity index (χ1v) is 6.66. The molecule has 0 aromatic heterocycles. The first-order valence-electron chi connectivity index (χ1n) is 6.66. The van der Waals surface area contributed by atoms with E-state index in [0.29, 0.717) is 12.7 Å². The van der Waals surface area contributed by atoms with Crippen LogP contribution in [0.25, 0.3) is 0 Å². The van der Waals surface area contributed by atoms with Gasteiger partial charge in [-0.3, -0.25) is 0 Å². The van der Waals surface area contributed by atoms with Gasteiger partial charge in [0.15, 0.2) is 11.5 Å². The first-order chi connectivity index (χ1) is 8.76. The molecule has 2 atom stereocenters. The maximum atomic E-state index is 6.14. The monoisotopic (exact) mass is 248 g/mol. The van der Waals surface area contributed by atoms with Crippen molar-refractivity contribution in [3.63, 3.8) is 0 Å². The number of benzene rings is 1. The van der Waals surface area contributed by atoms with E-state index in [1.807, 2.05) is 6.07 Å². The molecule has 2 N–H and O–H groups in total. The largest absolute Gasteiger partial charge is 0.454 e. The van der Waals surface area contributed by atoms with Crippen LogP contribution in [0, 0.1) is 5.92 Å². The number of fused-ring (bicyclic) bond motifs is 1. The van der Waals surface area contributed by atoms with Gasteiger partial charge in [0.2, 0.25) is 6.79 Å². The summed E-state index contributed by atoms with van der Waals surface area (Å²) in [6.07, 6.45) is 2.33. The molecule has 1 aromatic rings. The quantitative estimate of drug-likeness (QED) is 0.869. The highest BCUT2D eigenvalue weighted by atomic mass is 16.7. The van der Waals surface area contributed by atoms with Crippen LogP contribution < -0.4 is 20.1 Å². The fourth-order valence-corrected chi connectivity index (χ4v) is 2.84. The average Bonchev–Trinajstić information content (AvgIpc) is 2.85. The summed E-state index contributed by atoms with van der Waals surface area (Å²) in [6, 6.07) is 6.42. The second-order valence-electron chi connectivity index (χ2n) is 5.21. The second kappa shape index (κ2) is 4.69. The molecule has 0 amide bonds. The molecule has 2 aliphatic heterocycles. The Kier molecular flexibility index (Phi) is 3.04. The predicted octanol–water partition coefficient (Wildman–Crippen LogP) is 1.98. The summed E-state index contributed by atoms with van der Waals surface area (Å²) < 4.78 is 10.8. The van der Waals surface area contributed by atoms with Gasteiger partial charge in [-0.25, -0.2) is 0 Å². The molecule has 18 heavy (non-hydrogen) atoms. The van der Waals surface area contributed by atoms with E-state index in [4.69, 9.17) is 15.2 Å². The Hall–Kier alpha value is -1.42. The van der Waals surface area contributed by atoms with E-state index in [-0.39, 0.29) is 6.04 Å². The van der Waals surface area contributed by atoms with Crippen molar-refractivity contribution in [2.75, 3.05) is 24.8 Å². The Morgan fingerprint density at radius 1 is 1.28 bits per heavy atom. The topological polar surface area (TPSA) is 47.7 Å². The van der Waals surface area contributed by atoms with Crippen LogP contribution in [0.15, 0.2) is 18.2 Å². The highest BCUT2D eigenvalue weighted by Gasteiger charge is 2.25. The van der Waals surface area contributed by atoms with E-state index in [1.165, 1.54) is 12.1 Å². The molecule has 2 unspecified atom stereocenters. The van der Waals surface area contributed by atoms with Gasteiger partial charge in [0.25, 0.3) is 0 Å². The van der Waals surface area contributed by atoms with Crippen molar-refractivity contribution in [2.45, 2.75) is 25.8 Å². The molecule has 2 heterocycles. The lowest BCUT2D eigenvalue weighted by Gasteiger charge is -2.37. The lowest BCUT2D eigenvalue weighted by molar-refractivity contribution is 0.174. The van der Waals surface area contributed by atoms with E-state index in [2.05, 4.69) is 24.0 Å². The van der Waals surface area contributed by atoms with Gasteiger partial charge in [0.05, 0.1) is 0 Å². The van der Waals surface area contributed by atoms with Crippen LogP contribution in [-0.4, -0.2) is 25.9 Å². The van der Waals surface area contributed by atoms with Crippen molar-refractivity contribution >= 4 is 5.69 Å². The summed E-state index contributed by atoms with van der Waals surface area (Å²) in [4.78, 5) is 2.37. The third-order valence-corrected chi connectivity index (χ3v) is 3.87. The number of piperidine rings is 1. The maximum absolute atomic E-state index is 6.14. The molecule has 0 spiro atoms. The highest BCUT2D eigenvalue weighted by Crippen LogP contribution is 2.36. The van der Waals surface area contributed by atoms with Gasteiger partial charge in [-0.2, -0.15) is 0 Å². The Labute approximate surface area is 108 Å². The molecule has 1 fully saturated rings. The van der Waals surface area contributed by atoms with Crippen LogP contribution in [0.1, 0.15) is 19.8 Å². The van der Waals surface area contributed by atoms with Gasteiger partial charge in [0, 0.05) is 30.9 Å². The van der Waals surface area contributed by atoms with Gasteiger partial charge in [-0.1, -0.05) is 13.3 Å². The zero-order valence-corrected chi connectivity index (χ0v) is 10.8. The van der Waals surface area contributed by atoms with E-state index in [1.54, 1.807) is 0 Å². The third kappa shape index (κ3) is 2.12. The fourth-order valence-electron chi connectivity index (χ4n) is 2.84. The number of ether oxygens (including phenoxy) is 2. The van der Waals surface area contributed by atoms with Crippen molar-refractivity contribution < 1.29 is 9.47 Å². The predicted molar refractivity (Wildman–Crippen MR) is 71.2 cm³/mol. The van der Waals surface area contributed by atoms with Gasteiger partial charge in [-0.15, -0.1) is 0 Å². The maximum Gasteiger partial charge on any atom is 0.231 e. The van der Waals surface area contributed by atoms with Crippen molar-refractivity contribution in [3.05, 3.63) is 18.2 Å². The van der Waals surface area contributed by atoms with Crippen LogP contribution in [-0.2, 0) is 0 Å². The number of nitrogens with zero attached hydrogens (tertiary/aromatic N) is 1. The minimum Gasteiger partial charge on any atom is -0.454 e. The van der Waals surface area contributed by atoms with Crippen molar-refractivity contribution in [2.24, 2.45) is 11.7 Å². The number of rotatable bonds is 2. The van der Waals surface area contributed by atoms with Gasteiger partial charge >= 0.3 is 0 Å². The minimum absolute atomic E-state index is 0.272. The van der Waals surface area contributed by atoms with Crippen molar-refractivity contribution in [1.29, 1.82) is 0 Å². The number of nitrogens with two attached hydrogens (primary N) is 1. The molecule has 98 valence electrons. The van der Waals surface area contributed by atoms with Crippen molar-refractivity contribution in [1.82, 2.24) is 0 Å².